The maximum Gasteiger partial charge on any atom is 0.319 e. The van der Waals surface area contributed by atoms with Crippen molar-refractivity contribution in [3.8, 4) is 0 Å². The average Bonchev–Trinajstić information content (AvgIpc) is 2.64. The summed E-state index contributed by atoms with van der Waals surface area (Å²) in [7, 11) is 0. The maximum atomic E-state index is 12.3. The highest BCUT2D eigenvalue weighted by molar-refractivity contribution is 5.92. The molecule has 3 rings (SSSR count). The smallest absolute Gasteiger partial charge is 0.319 e. The number of nitrogens with one attached hydrogen (secondary N) is 3. The third kappa shape index (κ3) is 6.11. The molecule has 3 N–H and O–H groups in total. The van der Waals surface area contributed by atoms with Crippen molar-refractivity contribution in [3.05, 3.63) is 60.2 Å². The van der Waals surface area contributed by atoms with Crippen LogP contribution in [0.1, 0.15) is 25.3 Å². The zero-order valence-electron chi connectivity index (χ0n) is 15.6. The Morgan fingerprint density at radius 2 is 1.63 bits per heavy atom. The van der Waals surface area contributed by atoms with Gasteiger partial charge in [-0.1, -0.05) is 36.4 Å². The predicted molar refractivity (Wildman–Crippen MR) is 108 cm³/mol. The van der Waals surface area contributed by atoms with E-state index >= 15 is 0 Å². The third-order valence-electron chi connectivity index (χ3n) is 4.61. The normalized spacial score (nSPS) is 15.1. The predicted octanol–water partition coefficient (Wildman–Crippen LogP) is 3.43. The number of carbonyl (C=O) groups is 2. The summed E-state index contributed by atoms with van der Waals surface area (Å²) < 4.78 is 0. The minimum absolute atomic E-state index is 0.140. The molecule has 1 heterocycles. The number of nitrogens with zero attached hydrogens (tertiary/aromatic N) is 1. The Morgan fingerprint density at radius 1 is 0.963 bits per heavy atom. The first-order chi connectivity index (χ1) is 13.1. The molecule has 0 unspecified atom stereocenters. The van der Waals surface area contributed by atoms with Crippen molar-refractivity contribution in [3.63, 3.8) is 0 Å². The first-order valence-electron chi connectivity index (χ1n) is 9.30. The quantitative estimate of drug-likeness (QED) is 0.759. The van der Waals surface area contributed by atoms with Crippen LogP contribution < -0.4 is 16.0 Å². The molecule has 6 nitrogen and oxygen atoms in total. The van der Waals surface area contributed by atoms with Crippen LogP contribution in [0, 0.1) is 0 Å². The van der Waals surface area contributed by atoms with E-state index in [1.807, 2.05) is 6.07 Å². The van der Waals surface area contributed by atoms with Crippen LogP contribution in [-0.2, 0) is 11.3 Å². The van der Waals surface area contributed by atoms with E-state index in [0.29, 0.717) is 11.4 Å². The largest absolute Gasteiger partial charge is 0.335 e. The Labute approximate surface area is 159 Å². The van der Waals surface area contributed by atoms with Crippen LogP contribution in [0.2, 0.25) is 0 Å². The lowest BCUT2D eigenvalue weighted by Gasteiger charge is -2.32. The molecule has 0 bridgehead atoms. The average molecular weight is 366 g/mol. The van der Waals surface area contributed by atoms with Crippen LogP contribution >= 0.6 is 0 Å². The van der Waals surface area contributed by atoms with Gasteiger partial charge in [-0.3, -0.25) is 9.69 Å². The summed E-state index contributed by atoms with van der Waals surface area (Å²) in [6.07, 6.45) is 1.87. The molecule has 0 atom stereocenters. The van der Waals surface area contributed by atoms with Gasteiger partial charge >= 0.3 is 6.03 Å². The fourth-order valence-electron chi connectivity index (χ4n) is 3.31. The van der Waals surface area contributed by atoms with Crippen molar-refractivity contribution in [2.45, 2.75) is 32.4 Å². The SMILES string of the molecule is CC(=O)Nc1cccc(NC(=O)NC2CCN(Cc3ccccc3)CC2)c1. The van der Waals surface area contributed by atoms with Gasteiger partial charge in [-0.05, 0) is 36.6 Å². The molecular formula is C21H26N4O2. The summed E-state index contributed by atoms with van der Waals surface area (Å²) in [6, 6.07) is 17.5. The summed E-state index contributed by atoms with van der Waals surface area (Å²) in [5.74, 6) is -0.140. The minimum atomic E-state index is -0.212. The van der Waals surface area contributed by atoms with Gasteiger partial charge in [0.25, 0.3) is 0 Å². The first kappa shape index (κ1) is 18.9. The van der Waals surface area contributed by atoms with Gasteiger partial charge < -0.3 is 16.0 Å². The fourth-order valence-corrected chi connectivity index (χ4v) is 3.31. The molecule has 0 aliphatic carbocycles. The van der Waals surface area contributed by atoms with Gasteiger partial charge in [0.1, 0.15) is 0 Å². The molecule has 0 radical (unpaired) electrons. The number of amides is 3. The third-order valence-corrected chi connectivity index (χ3v) is 4.61. The summed E-state index contributed by atoms with van der Waals surface area (Å²) in [5, 5.41) is 8.60. The van der Waals surface area contributed by atoms with Crippen molar-refractivity contribution >= 4 is 23.3 Å². The van der Waals surface area contributed by atoms with Gasteiger partial charge in [-0.2, -0.15) is 0 Å². The molecule has 0 spiro atoms. The number of benzene rings is 2. The lowest BCUT2D eigenvalue weighted by atomic mass is 10.0. The Morgan fingerprint density at radius 3 is 2.30 bits per heavy atom. The van der Waals surface area contributed by atoms with E-state index < -0.39 is 0 Å². The molecule has 1 aliphatic rings. The minimum Gasteiger partial charge on any atom is -0.335 e. The van der Waals surface area contributed by atoms with Crippen LogP contribution in [0.3, 0.4) is 0 Å². The van der Waals surface area contributed by atoms with Crippen molar-refractivity contribution in [2.75, 3.05) is 23.7 Å². The zero-order chi connectivity index (χ0) is 19.1. The van der Waals surface area contributed by atoms with Gasteiger partial charge in [0.2, 0.25) is 5.91 Å². The standard InChI is InChI=1S/C21H26N4O2/c1-16(26)22-19-8-5-9-20(14-19)24-21(27)23-18-10-12-25(13-11-18)15-17-6-3-2-4-7-17/h2-9,14,18H,10-13,15H2,1H3,(H,22,26)(H2,23,24,27). The number of anilines is 2. The molecule has 3 amide bonds. The molecule has 2 aromatic rings. The van der Waals surface area contributed by atoms with E-state index in [0.717, 1.165) is 32.5 Å². The number of carbonyl (C=O) groups excluding carboxylic acids is 2. The summed E-state index contributed by atoms with van der Waals surface area (Å²) in [6.45, 7) is 4.35. The second kappa shape index (κ2) is 9.19. The molecule has 6 heteroatoms. The zero-order valence-corrected chi connectivity index (χ0v) is 15.6. The highest BCUT2D eigenvalue weighted by atomic mass is 16.2. The molecule has 2 aromatic carbocycles. The highest BCUT2D eigenvalue weighted by Gasteiger charge is 2.20. The number of rotatable bonds is 5. The van der Waals surface area contributed by atoms with E-state index in [4.69, 9.17) is 0 Å². The Bertz CT molecular complexity index is 771. The van der Waals surface area contributed by atoms with Crippen LogP contribution in [-0.4, -0.2) is 36.0 Å². The van der Waals surface area contributed by atoms with Gasteiger partial charge in [0.15, 0.2) is 0 Å². The molecule has 27 heavy (non-hydrogen) atoms. The highest BCUT2D eigenvalue weighted by Crippen LogP contribution is 2.16. The summed E-state index contributed by atoms with van der Waals surface area (Å²) >= 11 is 0. The Balaban J connectivity index is 1.43. The van der Waals surface area contributed by atoms with E-state index in [1.165, 1.54) is 12.5 Å². The van der Waals surface area contributed by atoms with Gasteiger partial charge in [0, 0.05) is 44.0 Å². The van der Waals surface area contributed by atoms with E-state index in [9.17, 15) is 9.59 Å². The number of likely N-dealkylation sites (tertiary alicyclic amines) is 1. The Kier molecular flexibility index (Phi) is 6.44. The van der Waals surface area contributed by atoms with Gasteiger partial charge in [0.05, 0.1) is 0 Å². The second-order valence-electron chi connectivity index (χ2n) is 6.90. The van der Waals surface area contributed by atoms with Crippen LogP contribution in [0.4, 0.5) is 16.2 Å². The molecule has 0 aromatic heterocycles. The number of urea groups is 1. The topological polar surface area (TPSA) is 73.5 Å². The van der Waals surface area contributed by atoms with Gasteiger partial charge in [-0.25, -0.2) is 4.79 Å². The molecule has 1 fully saturated rings. The van der Waals surface area contributed by atoms with Crippen molar-refractivity contribution in [2.24, 2.45) is 0 Å². The van der Waals surface area contributed by atoms with E-state index in [-0.39, 0.29) is 18.0 Å². The van der Waals surface area contributed by atoms with Crippen LogP contribution in [0.15, 0.2) is 54.6 Å². The fraction of sp³-hybridized carbons (Fsp3) is 0.333. The van der Waals surface area contributed by atoms with Crippen LogP contribution in [0.5, 0.6) is 0 Å². The maximum absolute atomic E-state index is 12.3. The number of hydrogen-bond donors (Lipinski definition) is 3. The number of hydrogen-bond acceptors (Lipinski definition) is 3. The Hall–Kier alpha value is -2.86. The lowest BCUT2D eigenvalue weighted by Crippen LogP contribution is -2.45. The monoisotopic (exact) mass is 366 g/mol. The summed E-state index contributed by atoms with van der Waals surface area (Å²) in [4.78, 5) is 25.8. The van der Waals surface area contributed by atoms with Crippen LogP contribution in [0.25, 0.3) is 0 Å². The first-order valence-corrected chi connectivity index (χ1v) is 9.30. The molecule has 0 saturated carbocycles. The summed E-state index contributed by atoms with van der Waals surface area (Å²) in [5.41, 5.74) is 2.63. The molecule has 1 aliphatic heterocycles. The lowest BCUT2D eigenvalue weighted by molar-refractivity contribution is -0.114. The molecular weight excluding hydrogens is 340 g/mol. The van der Waals surface area contributed by atoms with Crippen molar-refractivity contribution < 1.29 is 9.59 Å². The second-order valence-corrected chi connectivity index (χ2v) is 6.90. The van der Waals surface area contributed by atoms with Crippen molar-refractivity contribution in [1.29, 1.82) is 0 Å². The van der Waals surface area contributed by atoms with E-state index in [2.05, 4.69) is 45.1 Å². The molecule has 1 saturated heterocycles. The van der Waals surface area contributed by atoms with Crippen molar-refractivity contribution in [1.82, 2.24) is 10.2 Å². The van der Waals surface area contributed by atoms with E-state index in [1.54, 1.807) is 24.3 Å². The molecule has 142 valence electrons. The number of piperidine rings is 1. The van der Waals surface area contributed by atoms with Gasteiger partial charge in [-0.15, -0.1) is 0 Å².